The van der Waals surface area contributed by atoms with Crippen LogP contribution in [-0.4, -0.2) is 54.5 Å². The van der Waals surface area contributed by atoms with Crippen LogP contribution >= 0.6 is 22.9 Å². The van der Waals surface area contributed by atoms with Crippen LogP contribution in [0.4, 0.5) is 11.4 Å². The van der Waals surface area contributed by atoms with E-state index < -0.39 is 10.9 Å². The molecule has 1 aliphatic rings. The SMILES string of the molecule is O=C(OCC(=O)N1CCN(c2ccc(Cl)cc2[N+](=O)[O-])CC1)c1ccsc1. The number of hydrogen-bond donors (Lipinski definition) is 0. The summed E-state index contributed by atoms with van der Waals surface area (Å²) in [5, 5.41) is 15.0. The summed E-state index contributed by atoms with van der Waals surface area (Å²) in [5.41, 5.74) is 0.833. The van der Waals surface area contributed by atoms with Gasteiger partial charge in [0.15, 0.2) is 6.61 Å². The number of nitro groups is 1. The maximum absolute atomic E-state index is 12.2. The van der Waals surface area contributed by atoms with Gasteiger partial charge < -0.3 is 14.5 Å². The molecule has 3 rings (SSSR count). The summed E-state index contributed by atoms with van der Waals surface area (Å²) in [5.74, 6) is -0.816. The van der Waals surface area contributed by atoms with E-state index in [1.807, 2.05) is 4.90 Å². The summed E-state index contributed by atoms with van der Waals surface area (Å²) < 4.78 is 5.04. The molecule has 2 heterocycles. The smallest absolute Gasteiger partial charge is 0.339 e. The van der Waals surface area contributed by atoms with E-state index in [0.717, 1.165) is 0 Å². The molecule has 0 saturated carbocycles. The molecule has 1 saturated heterocycles. The fourth-order valence-corrected chi connectivity index (χ4v) is 3.58. The Hall–Kier alpha value is -2.65. The predicted molar refractivity (Wildman–Crippen MR) is 102 cm³/mol. The normalized spacial score (nSPS) is 14.1. The van der Waals surface area contributed by atoms with Crippen molar-refractivity contribution >= 4 is 46.2 Å². The summed E-state index contributed by atoms with van der Waals surface area (Å²) in [4.78, 5) is 38.2. The lowest BCUT2D eigenvalue weighted by atomic mass is 10.2. The first kappa shape index (κ1) is 19.1. The first-order chi connectivity index (χ1) is 13.0. The van der Waals surface area contributed by atoms with Gasteiger partial charge in [0.05, 0.1) is 10.5 Å². The van der Waals surface area contributed by atoms with Crippen LogP contribution in [0.3, 0.4) is 0 Å². The number of anilines is 1. The first-order valence-electron chi connectivity index (χ1n) is 8.11. The Morgan fingerprint density at radius 2 is 1.96 bits per heavy atom. The molecule has 2 aromatic rings. The number of amides is 1. The van der Waals surface area contributed by atoms with Crippen molar-refractivity contribution in [3.8, 4) is 0 Å². The molecule has 0 unspecified atom stereocenters. The van der Waals surface area contributed by atoms with E-state index in [1.165, 1.54) is 17.4 Å². The molecule has 1 aromatic carbocycles. The van der Waals surface area contributed by atoms with Gasteiger partial charge in [-0.05, 0) is 23.6 Å². The van der Waals surface area contributed by atoms with Crippen molar-refractivity contribution in [3.05, 3.63) is 55.7 Å². The van der Waals surface area contributed by atoms with Gasteiger partial charge in [0.25, 0.3) is 11.6 Å². The summed E-state index contributed by atoms with van der Waals surface area (Å²) in [6, 6.07) is 6.17. The Kier molecular flexibility index (Phi) is 5.92. The number of hydrogen-bond acceptors (Lipinski definition) is 7. The lowest BCUT2D eigenvalue weighted by Crippen LogP contribution is -2.50. The van der Waals surface area contributed by atoms with E-state index in [1.54, 1.807) is 33.9 Å². The van der Waals surface area contributed by atoms with Crippen LogP contribution in [0.25, 0.3) is 0 Å². The highest BCUT2D eigenvalue weighted by atomic mass is 35.5. The Balaban J connectivity index is 1.55. The summed E-state index contributed by atoms with van der Waals surface area (Å²) in [7, 11) is 0. The fraction of sp³-hybridized carbons (Fsp3) is 0.294. The van der Waals surface area contributed by atoms with Crippen LogP contribution in [0.2, 0.25) is 5.02 Å². The minimum Gasteiger partial charge on any atom is -0.452 e. The predicted octanol–water partition coefficient (Wildman–Crippen LogP) is 2.82. The highest BCUT2D eigenvalue weighted by Crippen LogP contribution is 2.31. The van der Waals surface area contributed by atoms with Crippen molar-refractivity contribution in [1.29, 1.82) is 0 Å². The molecule has 10 heteroatoms. The molecular formula is C17H16ClN3O5S. The van der Waals surface area contributed by atoms with Gasteiger partial charge in [-0.2, -0.15) is 11.3 Å². The minimum atomic E-state index is -0.528. The van der Waals surface area contributed by atoms with Gasteiger partial charge in [0.2, 0.25) is 0 Å². The molecule has 1 fully saturated rings. The molecule has 27 heavy (non-hydrogen) atoms. The number of nitro benzene ring substituents is 1. The second-order valence-electron chi connectivity index (χ2n) is 5.85. The van der Waals surface area contributed by atoms with Crippen LogP contribution in [0.5, 0.6) is 0 Å². The number of esters is 1. The van der Waals surface area contributed by atoms with Crippen molar-refractivity contribution < 1.29 is 19.2 Å². The van der Waals surface area contributed by atoms with Crippen LogP contribution in [-0.2, 0) is 9.53 Å². The molecular weight excluding hydrogens is 394 g/mol. The Bertz CT molecular complexity index is 850. The number of carbonyl (C=O) groups excluding carboxylic acids is 2. The van der Waals surface area contributed by atoms with Gasteiger partial charge in [0.1, 0.15) is 5.69 Å². The number of rotatable bonds is 5. The molecule has 1 aliphatic heterocycles. The number of carbonyl (C=O) groups is 2. The molecule has 0 N–H and O–H groups in total. The lowest BCUT2D eigenvalue weighted by molar-refractivity contribution is -0.384. The van der Waals surface area contributed by atoms with E-state index in [2.05, 4.69) is 0 Å². The number of nitrogens with zero attached hydrogens (tertiary/aromatic N) is 3. The summed E-state index contributed by atoms with van der Waals surface area (Å²) >= 11 is 7.22. The quantitative estimate of drug-likeness (QED) is 0.428. The minimum absolute atomic E-state index is 0.0630. The lowest BCUT2D eigenvalue weighted by Gasteiger charge is -2.35. The standard InChI is InChI=1S/C17H16ClN3O5S/c18-13-1-2-14(15(9-13)21(24)25)19-4-6-20(7-5-19)16(22)10-26-17(23)12-3-8-27-11-12/h1-3,8-9,11H,4-7,10H2. The van der Waals surface area contributed by atoms with E-state index >= 15 is 0 Å². The largest absolute Gasteiger partial charge is 0.452 e. The number of ether oxygens (including phenoxy) is 1. The number of piperazine rings is 1. The van der Waals surface area contributed by atoms with Crippen molar-refractivity contribution in [2.24, 2.45) is 0 Å². The zero-order valence-corrected chi connectivity index (χ0v) is 15.7. The van der Waals surface area contributed by atoms with E-state index in [-0.39, 0.29) is 18.2 Å². The fourth-order valence-electron chi connectivity index (χ4n) is 2.79. The molecule has 1 amide bonds. The van der Waals surface area contributed by atoms with Gasteiger partial charge in [-0.25, -0.2) is 4.79 Å². The third-order valence-corrected chi connectivity index (χ3v) is 5.11. The van der Waals surface area contributed by atoms with Gasteiger partial charge >= 0.3 is 5.97 Å². The molecule has 0 spiro atoms. The molecule has 0 radical (unpaired) electrons. The third kappa shape index (κ3) is 4.55. The van der Waals surface area contributed by atoms with Gasteiger partial charge in [-0.1, -0.05) is 11.6 Å². The van der Waals surface area contributed by atoms with Gasteiger partial charge in [-0.15, -0.1) is 0 Å². The van der Waals surface area contributed by atoms with E-state index in [9.17, 15) is 19.7 Å². The molecule has 1 aromatic heterocycles. The third-order valence-electron chi connectivity index (χ3n) is 4.19. The molecule has 8 nitrogen and oxygen atoms in total. The van der Waals surface area contributed by atoms with E-state index in [4.69, 9.17) is 16.3 Å². The van der Waals surface area contributed by atoms with E-state index in [0.29, 0.717) is 42.5 Å². The molecule has 0 bridgehead atoms. The maximum Gasteiger partial charge on any atom is 0.339 e. The van der Waals surface area contributed by atoms with Crippen molar-refractivity contribution in [2.45, 2.75) is 0 Å². The van der Waals surface area contributed by atoms with Crippen LogP contribution in [0.1, 0.15) is 10.4 Å². The van der Waals surface area contributed by atoms with Crippen molar-refractivity contribution in [2.75, 3.05) is 37.7 Å². The van der Waals surface area contributed by atoms with Gasteiger partial charge in [-0.3, -0.25) is 14.9 Å². The number of halogens is 1. The second kappa shape index (κ2) is 8.36. The summed E-state index contributed by atoms with van der Waals surface area (Å²) in [6.07, 6.45) is 0. The van der Waals surface area contributed by atoms with Crippen molar-refractivity contribution in [3.63, 3.8) is 0 Å². The number of benzene rings is 1. The average Bonchev–Trinajstić information content (AvgIpc) is 3.21. The maximum atomic E-state index is 12.2. The first-order valence-corrected chi connectivity index (χ1v) is 9.44. The zero-order valence-electron chi connectivity index (χ0n) is 14.2. The van der Waals surface area contributed by atoms with Crippen LogP contribution < -0.4 is 4.90 Å². The average molecular weight is 410 g/mol. The monoisotopic (exact) mass is 409 g/mol. The molecule has 142 valence electrons. The Labute approximate surface area is 164 Å². The topological polar surface area (TPSA) is 93.0 Å². The highest BCUT2D eigenvalue weighted by molar-refractivity contribution is 7.08. The summed E-state index contributed by atoms with van der Waals surface area (Å²) in [6.45, 7) is 1.32. The highest BCUT2D eigenvalue weighted by Gasteiger charge is 2.26. The Morgan fingerprint density at radius 3 is 2.59 bits per heavy atom. The number of thiophene rings is 1. The molecule has 0 atom stereocenters. The van der Waals surface area contributed by atoms with Crippen LogP contribution in [0.15, 0.2) is 35.0 Å². The second-order valence-corrected chi connectivity index (χ2v) is 7.06. The van der Waals surface area contributed by atoms with Crippen molar-refractivity contribution in [1.82, 2.24) is 4.90 Å². The molecule has 0 aliphatic carbocycles. The van der Waals surface area contributed by atoms with Gasteiger partial charge in [0, 0.05) is 42.6 Å². The van der Waals surface area contributed by atoms with Crippen LogP contribution in [0, 0.1) is 10.1 Å². The zero-order chi connectivity index (χ0) is 19.4. The Morgan fingerprint density at radius 1 is 1.22 bits per heavy atom.